The second-order valence-corrected chi connectivity index (χ2v) is 5.24. The number of ether oxygens (including phenoxy) is 2. The Kier molecular flexibility index (Phi) is 6.48. The maximum absolute atomic E-state index is 11.8. The van der Waals surface area contributed by atoms with Gasteiger partial charge in [0.05, 0.1) is 7.11 Å². The molecule has 0 saturated heterocycles. The van der Waals surface area contributed by atoms with Gasteiger partial charge in [0, 0.05) is 6.54 Å². The SMILES string of the molecule is CCc1cccc(OCC(=O)NCCc2ccc(OC)cc2)c1. The molecule has 0 saturated carbocycles. The molecule has 4 nitrogen and oxygen atoms in total. The van der Waals surface area contributed by atoms with Crippen molar-refractivity contribution in [2.75, 3.05) is 20.3 Å². The molecule has 0 atom stereocenters. The first-order chi connectivity index (χ1) is 11.2. The highest BCUT2D eigenvalue weighted by Crippen LogP contribution is 2.13. The normalized spacial score (nSPS) is 10.2. The Labute approximate surface area is 137 Å². The molecule has 2 aromatic rings. The van der Waals surface area contributed by atoms with Gasteiger partial charge in [0.2, 0.25) is 0 Å². The van der Waals surface area contributed by atoms with Crippen molar-refractivity contribution in [2.24, 2.45) is 0 Å². The van der Waals surface area contributed by atoms with E-state index in [-0.39, 0.29) is 12.5 Å². The van der Waals surface area contributed by atoms with Crippen molar-refractivity contribution < 1.29 is 14.3 Å². The van der Waals surface area contributed by atoms with Gasteiger partial charge in [-0.3, -0.25) is 4.79 Å². The molecule has 0 aliphatic rings. The molecular formula is C19H23NO3. The Morgan fingerprint density at radius 2 is 1.83 bits per heavy atom. The molecule has 1 amide bonds. The van der Waals surface area contributed by atoms with Crippen LogP contribution in [0.15, 0.2) is 48.5 Å². The quantitative estimate of drug-likeness (QED) is 0.815. The molecule has 0 bridgehead atoms. The third kappa shape index (κ3) is 5.66. The lowest BCUT2D eigenvalue weighted by Gasteiger charge is -2.09. The van der Waals surface area contributed by atoms with E-state index in [1.165, 1.54) is 5.56 Å². The van der Waals surface area contributed by atoms with Gasteiger partial charge in [-0.2, -0.15) is 0 Å². The number of nitrogens with one attached hydrogen (secondary N) is 1. The molecule has 0 radical (unpaired) electrons. The third-order valence-corrected chi connectivity index (χ3v) is 3.57. The van der Waals surface area contributed by atoms with Gasteiger partial charge in [-0.25, -0.2) is 0 Å². The highest BCUT2D eigenvalue weighted by Gasteiger charge is 2.03. The van der Waals surface area contributed by atoms with Crippen LogP contribution in [0.1, 0.15) is 18.1 Å². The van der Waals surface area contributed by atoms with E-state index in [2.05, 4.69) is 12.2 Å². The fraction of sp³-hybridized carbons (Fsp3) is 0.316. The lowest BCUT2D eigenvalue weighted by molar-refractivity contribution is -0.123. The first-order valence-corrected chi connectivity index (χ1v) is 7.82. The van der Waals surface area contributed by atoms with Crippen LogP contribution in [0.25, 0.3) is 0 Å². The van der Waals surface area contributed by atoms with Crippen molar-refractivity contribution in [1.29, 1.82) is 0 Å². The largest absolute Gasteiger partial charge is 0.497 e. The summed E-state index contributed by atoms with van der Waals surface area (Å²) in [5.74, 6) is 1.45. The van der Waals surface area contributed by atoms with Crippen molar-refractivity contribution in [3.05, 3.63) is 59.7 Å². The van der Waals surface area contributed by atoms with Gasteiger partial charge in [-0.1, -0.05) is 31.2 Å². The zero-order valence-corrected chi connectivity index (χ0v) is 13.7. The summed E-state index contributed by atoms with van der Waals surface area (Å²) < 4.78 is 10.6. The summed E-state index contributed by atoms with van der Waals surface area (Å²) in [5, 5.41) is 2.86. The summed E-state index contributed by atoms with van der Waals surface area (Å²) in [6.07, 6.45) is 1.73. The second kappa shape index (κ2) is 8.83. The van der Waals surface area contributed by atoms with Gasteiger partial charge in [0.1, 0.15) is 11.5 Å². The van der Waals surface area contributed by atoms with Crippen LogP contribution >= 0.6 is 0 Å². The Morgan fingerprint density at radius 1 is 1.04 bits per heavy atom. The molecule has 2 aromatic carbocycles. The number of benzene rings is 2. The Hall–Kier alpha value is -2.49. The number of carbonyl (C=O) groups excluding carboxylic acids is 1. The lowest BCUT2D eigenvalue weighted by Crippen LogP contribution is -2.30. The van der Waals surface area contributed by atoms with E-state index < -0.39 is 0 Å². The van der Waals surface area contributed by atoms with Crippen LogP contribution in [0.3, 0.4) is 0 Å². The van der Waals surface area contributed by atoms with E-state index in [1.54, 1.807) is 7.11 Å². The minimum absolute atomic E-state index is 0.0375. The van der Waals surface area contributed by atoms with Crippen molar-refractivity contribution >= 4 is 5.91 Å². The second-order valence-electron chi connectivity index (χ2n) is 5.24. The number of hydrogen-bond acceptors (Lipinski definition) is 3. The molecule has 0 heterocycles. The van der Waals surface area contributed by atoms with Crippen molar-refractivity contribution in [3.63, 3.8) is 0 Å². The molecule has 1 N–H and O–H groups in total. The predicted molar refractivity (Wildman–Crippen MR) is 91.0 cm³/mol. The zero-order valence-electron chi connectivity index (χ0n) is 13.7. The number of aryl methyl sites for hydroxylation is 1. The van der Waals surface area contributed by atoms with Crippen molar-refractivity contribution in [2.45, 2.75) is 19.8 Å². The van der Waals surface area contributed by atoms with Gasteiger partial charge in [0.15, 0.2) is 6.61 Å². The number of amides is 1. The first-order valence-electron chi connectivity index (χ1n) is 7.82. The highest BCUT2D eigenvalue weighted by atomic mass is 16.5. The average Bonchev–Trinajstić information content (AvgIpc) is 2.61. The Balaban J connectivity index is 1.70. The Morgan fingerprint density at radius 3 is 2.52 bits per heavy atom. The van der Waals surface area contributed by atoms with E-state index in [4.69, 9.17) is 9.47 Å². The van der Waals surface area contributed by atoms with Gasteiger partial charge in [0.25, 0.3) is 5.91 Å². The fourth-order valence-corrected chi connectivity index (χ4v) is 2.19. The summed E-state index contributed by atoms with van der Waals surface area (Å²) in [6.45, 7) is 2.71. The molecule has 0 spiro atoms. The van der Waals surface area contributed by atoms with E-state index in [9.17, 15) is 4.79 Å². The first kappa shape index (κ1) is 16.9. The Bertz CT molecular complexity index is 623. The van der Waals surface area contributed by atoms with E-state index in [0.717, 1.165) is 29.9 Å². The smallest absolute Gasteiger partial charge is 0.257 e. The molecule has 0 unspecified atom stereocenters. The minimum atomic E-state index is -0.111. The molecule has 0 fully saturated rings. The number of rotatable bonds is 8. The summed E-state index contributed by atoms with van der Waals surface area (Å²) >= 11 is 0. The topological polar surface area (TPSA) is 47.6 Å². The van der Waals surface area contributed by atoms with E-state index in [0.29, 0.717) is 6.54 Å². The van der Waals surface area contributed by atoms with Crippen molar-refractivity contribution in [1.82, 2.24) is 5.32 Å². The molecule has 122 valence electrons. The van der Waals surface area contributed by atoms with Crippen LogP contribution in [0.4, 0.5) is 0 Å². The van der Waals surface area contributed by atoms with Crippen LogP contribution in [0.5, 0.6) is 11.5 Å². The summed E-state index contributed by atoms with van der Waals surface area (Å²) in [6, 6.07) is 15.6. The lowest BCUT2D eigenvalue weighted by atomic mass is 10.1. The highest BCUT2D eigenvalue weighted by molar-refractivity contribution is 5.77. The predicted octanol–water partition coefficient (Wildman–Crippen LogP) is 3.00. The van der Waals surface area contributed by atoms with Crippen LogP contribution in [-0.2, 0) is 17.6 Å². The van der Waals surface area contributed by atoms with Crippen LogP contribution in [0, 0.1) is 0 Å². The molecule has 4 heteroatoms. The van der Waals surface area contributed by atoms with Gasteiger partial charge in [-0.15, -0.1) is 0 Å². The van der Waals surface area contributed by atoms with E-state index >= 15 is 0 Å². The maximum atomic E-state index is 11.8. The monoisotopic (exact) mass is 313 g/mol. The molecular weight excluding hydrogens is 290 g/mol. The van der Waals surface area contributed by atoms with Gasteiger partial charge in [-0.05, 0) is 48.2 Å². The van der Waals surface area contributed by atoms with Crippen LogP contribution in [-0.4, -0.2) is 26.2 Å². The maximum Gasteiger partial charge on any atom is 0.257 e. The average molecular weight is 313 g/mol. The molecule has 23 heavy (non-hydrogen) atoms. The summed E-state index contributed by atoms with van der Waals surface area (Å²) in [4.78, 5) is 11.8. The van der Waals surface area contributed by atoms with Crippen LogP contribution < -0.4 is 14.8 Å². The standard InChI is InChI=1S/C19H23NO3/c1-3-15-5-4-6-18(13-15)23-14-19(21)20-12-11-16-7-9-17(22-2)10-8-16/h4-10,13H,3,11-12,14H2,1-2H3,(H,20,21). The molecule has 0 aromatic heterocycles. The molecule has 0 aliphatic carbocycles. The molecule has 0 aliphatic heterocycles. The molecule has 2 rings (SSSR count). The number of carbonyl (C=O) groups is 1. The van der Waals surface area contributed by atoms with Crippen molar-refractivity contribution in [3.8, 4) is 11.5 Å². The summed E-state index contributed by atoms with van der Waals surface area (Å²) in [7, 11) is 1.64. The number of hydrogen-bond donors (Lipinski definition) is 1. The zero-order chi connectivity index (χ0) is 16.5. The van der Waals surface area contributed by atoms with Gasteiger partial charge >= 0.3 is 0 Å². The third-order valence-electron chi connectivity index (χ3n) is 3.57. The van der Waals surface area contributed by atoms with Crippen LogP contribution in [0.2, 0.25) is 0 Å². The van der Waals surface area contributed by atoms with Gasteiger partial charge < -0.3 is 14.8 Å². The fourth-order valence-electron chi connectivity index (χ4n) is 2.19. The van der Waals surface area contributed by atoms with E-state index in [1.807, 2.05) is 48.5 Å². The summed E-state index contributed by atoms with van der Waals surface area (Å²) in [5.41, 5.74) is 2.35. The minimum Gasteiger partial charge on any atom is -0.497 e. The number of methoxy groups -OCH3 is 1.